The molecule has 2 rings (SSSR count). The van der Waals surface area contributed by atoms with E-state index in [0.29, 0.717) is 16.3 Å². The Labute approximate surface area is 131 Å². The van der Waals surface area contributed by atoms with E-state index in [2.05, 4.69) is 21.2 Å². The average molecular weight is 354 g/mol. The van der Waals surface area contributed by atoms with Crippen molar-refractivity contribution >= 4 is 39.1 Å². The molecule has 2 aromatic carbocycles. The largest absolute Gasteiger partial charge is 0.398 e. The van der Waals surface area contributed by atoms with E-state index in [-0.39, 0.29) is 11.9 Å². The van der Waals surface area contributed by atoms with Gasteiger partial charge in [0.05, 0.1) is 11.6 Å². The lowest BCUT2D eigenvalue weighted by molar-refractivity contribution is 0.0941. The summed E-state index contributed by atoms with van der Waals surface area (Å²) in [6, 6.07) is 12.5. The molecule has 0 radical (unpaired) electrons. The summed E-state index contributed by atoms with van der Waals surface area (Å²) in [6.45, 7) is 1.92. The molecule has 0 heterocycles. The molecule has 0 bridgehead atoms. The first-order valence-corrected chi connectivity index (χ1v) is 7.26. The third-order valence-electron chi connectivity index (χ3n) is 2.96. The van der Waals surface area contributed by atoms with Gasteiger partial charge in [-0.2, -0.15) is 0 Å². The number of hydrogen-bond acceptors (Lipinski definition) is 2. The van der Waals surface area contributed by atoms with Gasteiger partial charge in [-0.15, -0.1) is 0 Å². The number of nitrogens with one attached hydrogen (secondary N) is 1. The van der Waals surface area contributed by atoms with Crippen LogP contribution in [0.5, 0.6) is 0 Å². The van der Waals surface area contributed by atoms with Gasteiger partial charge in [-0.05, 0) is 42.8 Å². The molecule has 3 N–H and O–H groups in total. The van der Waals surface area contributed by atoms with Crippen molar-refractivity contribution in [2.45, 2.75) is 13.0 Å². The molecule has 3 nitrogen and oxygen atoms in total. The van der Waals surface area contributed by atoms with E-state index >= 15 is 0 Å². The van der Waals surface area contributed by atoms with Crippen molar-refractivity contribution in [3.63, 3.8) is 0 Å². The molecule has 2 aromatic rings. The van der Waals surface area contributed by atoms with E-state index in [1.807, 2.05) is 31.2 Å². The third kappa shape index (κ3) is 3.52. The molecule has 0 aliphatic carbocycles. The average Bonchev–Trinajstić information content (AvgIpc) is 2.41. The highest BCUT2D eigenvalue weighted by molar-refractivity contribution is 9.10. The van der Waals surface area contributed by atoms with Gasteiger partial charge in [0.25, 0.3) is 5.91 Å². The van der Waals surface area contributed by atoms with E-state index in [1.165, 1.54) is 0 Å². The van der Waals surface area contributed by atoms with Crippen LogP contribution in [0.3, 0.4) is 0 Å². The van der Waals surface area contributed by atoms with Crippen LogP contribution in [0.1, 0.15) is 28.9 Å². The molecule has 1 unspecified atom stereocenters. The lowest BCUT2D eigenvalue weighted by atomic mass is 10.1. The molecule has 1 atom stereocenters. The summed E-state index contributed by atoms with van der Waals surface area (Å²) in [7, 11) is 0. The van der Waals surface area contributed by atoms with E-state index < -0.39 is 0 Å². The molecular formula is C15H14BrClN2O. The Morgan fingerprint density at radius 1 is 1.30 bits per heavy atom. The van der Waals surface area contributed by atoms with Crippen molar-refractivity contribution in [3.8, 4) is 0 Å². The van der Waals surface area contributed by atoms with Crippen LogP contribution in [0, 0.1) is 0 Å². The molecule has 104 valence electrons. The molecule has 0 spiro atoms. The fourth-order valence-corrected chi connectivity index (χ4v) is 2.45. The molecule has 0 fully saturated rings. The fraction of sp³-hybridized carbons (Fsp3) is 0.133. The minimum Gasteiger partial charge on any atom is -0.398 e. The minimum atomic E-state index is -0.238. The Hall–Kier alpha value is -1.52. The zero-order valence-corrected chi connectivity index (χ0v) is 13.2. The molecule has 0 saturated carbocycles. The van der Waals surface area contributed by atoms with Crippen LogP contribution in [0.15, 0.2) is 46.9 Å². The molecule has 5 heteroatoms. The summed E-state index contributed by atoms with van der Waals surface area (Å²) in [5.41, 5.74) is 7.61. The van der Waals surface area contributed by atoms with Crippen LogP contribution in [0.2, 0.25) is 5.02 Å². The maximum Gasteiger partial charge on any atom is 0.253 e. The summed E-state index contributed by atoms with van der Waals surface area (Å²) in [5, 5.41) is 3.39. The van der Waals surface area contributed by atoms with Crippen molar-refractivity contribution in [3.05, 3.63) is 63.1 Å². The number of halogens is 2. The van der Waals surface area contributed by atoms with Gasteiger partial charge in [-0.1, -0.05) is 39.7 Å². The van der Waals surface area contributed by atoms with Crippen LogP contribution in [0.4, 0.5) is 5.69 Å². The summed E-state index contributed by atoms with van der Waals surface area (Å²) in [4.78, 5) is 12.2. The molecule has 1 amide bonds. The van der Waals surface area contributed by atoms with Gasteiger partial charge in [-0.3, -0.25) is 4.79 Å². The number of anilines is 1. The molecule has 0 aliphatic heterocycles. The number of amides is 1. The highest BCUT2D eigenvalue weighted by atomic mass is 79.9. The lowest BCUT2D eigenvalue weighted by Crippen LogP contribution is -2.27. The molecule has 0 aliphatic rings. The number of nitrogen functional groups attached to an aromatic ring is 1. The Balaban J connectivity index is 2.17. The first kappa shape index (κ1) is 14.9. The van der Waals surface area contributed by atoms with E-state index in [4.69, 9.17) is 17.3 Å². The number of rotatable bonds is 3. The SMILES string of the molecule is CC(NC(=O)c1cc(Cl)ccc1N)c1cccc(Br)c1. The van der Waals surface area contributed by atoms with Gasteiger partial charge in [0.2, 0.25) is 0 Å². The van der Waals surface area contributed by atoms with E-state index in [0.717, 1.165) is 10.0 Å². The van der Waals surface area contributed by atoms with Gasteiger partial charge in [-0.25, -0.2) is 0 Å². The van der Waals surface area contributed by atoms with Gasteiger partial charge >= 0.3 is 0 Å². The highest BCUT2D eigenvalue weighted by Gasteiger charge is 2.14. The minimum absolute atomic E-state index is 0.126. The molecule has 20 heavy (non-hydrogen) atoms. The van der Waals surface area contributed by atoms with Crippen LogP contribution in [-0.2, 0) is 0 Å². The summed E-state index contributed by atoms with van der Waals surface area (Å²) < 4.78 is 0.971. The quantitative estimate of drug-likeness (QED) is 0.813. The smallest absolute Gasteiger partial charge is 0.253 e. The highest BCUT2D eigenvalue weighted by Crippen LogP contribution is 2.21. The molecular weight excluding hydrogens is 340 g/mol. The Morgan fingerprint density at radius 2 is 2.05 bits per heavy atom. The Morgan fingerprint density at radius 3 is 2.75 bits per heavy atom. The maximum absolute atomic E-state index is 12.2. The first-order valence-electron chi connectivity index (χ1n) is 6.08. The van der Waals surface area contributed by atoms with E-state index in [9.17, 15) is 4.79 Å². The number of benzene rings is 2. The van der Waals surface area contributed by atoms with Crippen LogP contribution in [-0.4, -0.2) is 5.91 Å². The molecule has 0 saturated heterocycles. The Kier molecular flexibility index (Phi) is 4.68. The predicted molar refractivity (Wildman–Crippen MR) is 85.9 cm³/mol. The topological polar surface area (TPSA) is 55.1 Å². The van der Waals surface area contributed by atoms with Crippen molar-refractivity contribution in [2.24, 2.45) is 0 Å². The normalized spacial score (nSPS) is 11.9. The molecule has 0 aromatic heterocycles. The Bertz CT molecular complexity index is 646. The predicted octanol–water partition coefficient (Wildman–Crippen LogP) is 4.18. The standard InChI is InChI=1S/C15H14BrClN2O/c1-9(10-3-2-4-11(16)7-10)19-15(20)13-8-12(17)5-6-14(13)18/h2-9H,18H2,1H3,(H,19,20). The summed E-state index contributed by atoms with van der Waals surface area (Å²) in [6.07, 6.45) is 0. The summed E-state index contributed by atoms with van der Waals surface area (Å²) in [5.74, 6) is -0.238. The van der Waals surface area contributed by atoms with Crippen LogP contribution < -0.4 is 11.1 Å². The van der Waals surface area contributed by atoms with E-state index in [1.54, 1.807) is 18.2 Å². The van der Waals surface area contributed by atoms with Crippen molar-refractivity contribution in [2.75, 3.05) is 5.73 Å². The zero-order valence-electron chi connectivity index (χ0n) is 10.9. The number of nitrogens with two attached hydrogens (primary N) is 1. The van der Waals surface area contributed by atoms with Crippen LogP contribution in [0.25, 0.3) is 0 Å². The van der Waals surface area contributed by atoms with Gasteiger partial charge in [0.15, 0.2) is 0 Å². The third-order valence-corrected chi connectivity index (χ3v) is 3.68. The maximum atomic E-state index is 12.2. The second-order valence-corrected chi connectivity index (χ2v) is 5.83. The van der Waals surface area contributed by atoms with Crippen LogP contribution >= 0.6 is 27.5 Å². The number of carbonyl (C=O) groups excluding carboxylic acids is 1. The van der Waals surface area contributed by atoms with Gasteiger partial charge in [0, 0.05) is 15.2 Å². The fourth-order valence-electron chi connectivity index (χ4n) is 1.86. The monoisotopic (exact) mass is 352 g/mol. The van der Waals surface area contributed by atoms with Crippen molar-refractivity contribution < 1.29 is 4.79 Å². The zero-order chi connectivity index (χ0) is 14.7. The van der Waals surface area contributed by atoms with Crippen molar-refractivity contribution in [1.29, 1.82) is 0 Å². The second kappa shape index (κ2) is 6.29. The second-order valence-electron chi connectivity index (χ2n) is 4.48. The number of hydrogen-bond donors (Lipinski definition) is 2. The van der Waals surface area contributed by atoms with Gasteiger partial charge in [0.1, 0.15) is 0 Å². The van der Waals surface area contributed by atoms with Gasteiger partial charge < -0.3 is 11.1 Å². The number of carbonyl (C=O) groups is 1. The summed E-state index contributed by atoms with van der Waals surface area (Å²) >= 11 is 9.31. The van der Waals surface area contributed by atoms with Crippen molar-refractivity contribution in [1.82, 2.24) is 5.32 Å². The first-order chi connectivity index (χ1) is 9.47. The lowest BCUT2D eigenvalue weighted by Gasteiger charge is -2.15.